The summed E-state index contributed by atoms with van der Waals surface area (Å²) in [6.45, 7) is 10.3. The molecule has 0 spiro atoms. The Balaban J connectivity index is 2.68. The van der Waals surface area contributed by atoms with E-state index in [9.17, 15) is 4.79 Å². The molecule has 0 amide bonds. The molecule has 0 bridgehead atoms. The van der Waals surface area contributed by atoms with E-state index in [2.05, 4.69) is 5.16 Å². The SMILES string of the molecule is CC(C)C/C(=N\OCc1ccccc1)C(=O)O[Si](C)(C)C. The third kappa shape index (κ3) is 7.65. The zero-order valence-corrected chi connectivity index (χ0v) is 14.6. The number of hydrogen-bond acceptors (Lipinski definition) is 4. The summed E-state index contributed by atoms with van der Waals surface area (Å²) in [6, 6.07) is 9.74. The molecule has 0 radical (unpaired) electrons. The molecule has 0 heterocycles. The maximum atomic E-state index is 12.1. The standard InChI is InChI=1S/C16H25NO3Si/c1-13(2)11-15(16(18)20-21(3,4)5)17-19-12-14-9-7-6-8-10-14/h6-10,13H,11-12H2,1-5H3/b17-15+. The van der Waals surface area contributed by atoms with Gasteiger partial charge in [-0.25, -0.2) is 4.79 Å². The largest absolute Gasteiger partial charge is 0.515 e. The van der Waals surface area contributed by atoms with Crippen LogP contribution in [0.15, 0.2) is 35.5 Å². The van der Waals surface area contributed by atoms with Crippen LogP contribution in [0.1, 0.15) is 25.8 Å². The molecule has 0 saturated carbocycles. The van der Waals surface area contributed by atoms with Crippen LogP contribution < -0.4 is 0 Å². The van der Waals surface area contributed by atoms with Crippen LogP contribution in [0.3, 0.4) is 0 Å². The lowest BCUT2D eigenvalue weighted by atomic mass is 10.1. The van der Waals surface area contributed by atoms with E-state index in [1.807, 2.05) is 63.8 Å². The molecule has 1 aromatic rings. The van der Waals surface area contributed by atoms with Crippen LogP contribution in [-0.4, -0.2) is 20.0 Å². The fourth-order valence-corrected chi connectivity index (χ4v) is 2.31. The fraction of sp³-hybridized carbons (Fsp3) is 0.500. The normalized spacial score (nSPS) is 12.4. The van der Waals surface area contributed by atoms with Crippen molar-refractivity contribution in [3.63, 3.8) is 0 Å². The van der Waals surface area contributed by atoms with Crippen LogP contribution >= 0.6 is 0 Å². The van der Waals surface area contributed by atoms with Gasteiger partial charge in [0.15, 0.2) is 5.71 Å². The van der Waals surface area contributed by atoms with Crippen LogP contribution in [0.5, 0.6) is 0 Å². The van der Waals surface area contributed by atoms with Crippen molar-refractivity contribution in [3.8, 4) is 0 Å². The van der Waals surface area contributed by atoms with Gasteiger partial charge in [-0.3, -0.25) is 0 Å². The zero-order valence-electron chi connectivity index (χ0n) is 13.6. The van der Waals surface area contributed by atoms with Crippen molar-refractivity contribution in [2.75, 3.05) is 0 Å². The Hall–Kier alpha value is -1.62. The van der Waals surface area contributed by atoms with Gasteiger partial charge < -0.3 is 9.26 Å². The van der Waals surface area contributed by atoms with Crippen LogP contribution in [-0.2, 0) is 20.7 Å². The van der Waals surface area contributed by atoms with Crippen molar-refractivity contribution in [2.24, 2.45) is 11.1 Å². The first kappa shape index (κ1) is 17.4. The summed E-state index contributed by atoms with van der Waals surface area (Å²) in [5.74, 6) is -0.0332. The Morgan fingerprint density at radius 3 is 2.33 bits per heavy atom. The first-order chi connectivity index (χ1) is 9.78. The molecule has 116 valence electrons. The van der Waals surface area contributed by atoms with Gasteiger partial charge in [-0.1, -0.05) is 49.3 Å². The molecule has 0 N–H and O–H groups in total. The number of nitrogens with zero attached hydrogens (tertiary/aromatic N) is 1. The van der Waals surface area contributed by atoms with E-state index in [0.29, 0.717) is 24.7 Å². The monoisotopic (exact) mass is 307 g/mol. The van der Waals surface area contributed by atoms with Crippen molar-refractivity contribution in [1.29, 1.82) is 0 Å². The fourth-order valence-electron chi connectivity index (χ4n) is 1.64. The van der Waals surface area contributed by atoms with Gasteiger partial charge in [-0.05, 0) is 31.1 Å². The summed E-state index contributed by atoms with van der Waals surface area (Å²) >= 11 is 0. The second kappa shape index (κ2) is 7.98. The maximum Gasteiger partial charge on any atom is 0.342 e. The van der Waals surface area contributed by atoms with Gasteiger partial charge in [0.25, 0.3) is 0 Å². The van der Waals surface area contributed by atoms with E-state index < -0.39 is 8.32 Å². The molecule has 0 aromatic heterocycles. The molecule has 21 heavy (non-hydrogen) atoms. The molecular weight excluding hydrogens is 282 g/mol. The van der Waals surface area contributed by atoms with Crippen LogP contribution in [0.25, 0.3) is 0 Å². The van der Waals surface area contributed by atoms with Gasteiger partial charge in [0.2, 0.25) is 8.32 Å². The Bertz CT molecular complexity index is 478. The van der Waals surface area contributed by atoms with Crippen molar-refractivity contribution in [2.45, 2.75) is 46.5 Å². The molecule has 0 aliphatic carbocycles. The summed E-state index contributed by atoms with van der Waals surface area (Å²) in [5, 5.41) is 4.01. The van der Waals surface area contributed by atoms with E-state index in [4.69, 9.17) is 9.26 Å². The summed E-state index contributed by atoms with van der Waals surface area (Å²) in [7, 11) is -1.92. The summed E-state index contributed by atoms with van der Waals surface area (Å²) in [6.07, 6.45) is 0.554. The molecule has 0 aliphatic rings. The summed E-state index contributed by atoms with van der Waals surface area (Å²) in [4.78, 5) is 17.5. The third-order valence-corrected chi connectivity index (χ3v) is 3.28. The topological polar surface area (TPSA) is 47.9 Å². The van der Waals surface area contributed by atoms with Gasteiger partial charge in [0.1, 0.15) is 6.61 Å². The lowest BCUT2D eigenvalue weighted by Gasteiger charge is -2.18. The summed E-state index contributed by atoms with van der Waals surface area (Å²) < 4.78 is 5.49. The van der Waals surface area contributed by atoms with Crippen LogP contribution in [0, 0.1) is 5.92 Å². The minimum absolute atomic E-state index is 0.318. The van der Waals surface area contributed by atoms with Gasteiger partial charge in [0, 0.05) is 6.42 Å². The quantitative estimate of drug-likeness (QED) is 0.435. The lowest BCUT2D eigenvalue weighted by Crippen LogP contribution is -2.33. The van der Waals surface area contributed by atoms with Crippen LogP contribution in [0.4, 0.5) is 0 Å². The number of benzene rings is 1. The van der Waals surface area contributed by atoms with Gasteiger partial charge in [-0.15, -0.1) is 0 Å². The minimum atomic E-state index is -1.92. The highest BCUT2D eigenvalue weighted by Crippen LogP contribution is 2.10. The average molecular weight is 307 g/mol. The molecule has 4 nitrogen and oxygen atoms in total. The van der Waals surface area contributed by atoms with Crippen molar-refractivity contribution < 1.29 is 14.1 Å². The van der Waals surface area contributed by atoms with E-state index in [1.165, 1.54) is 0 Å². The van der Waals surface area contributed by atoms with Gasteiger partial charge in [-0.2, -0.15) is 0 Å². The molecule has 0 unspecified atom stereocenters. The predicted octanol–water partition coefficient (Wildman–Crippen LogP) is 3.98. The Kier molecular flexibility index (Phi) is 6.62. The Labute approximate surface area is 128 Å². The van der Waals surface area contributed by atoms with E-state index in [1.54, 1.807) is 0 Å². The van der Waals surface area contributed by atoms with Crippen molar-refractivity contribution in [1.82, 2.24) is 0 Å². The lowest BCUT2D eigenvalue weighted by molar-refractivity contribution is -0.128. The molecule has 1 rings (SSSR count). The Morgan fingerprint density at radius 1 is 1.19 bits per heavy atom. The van der Waals surface area contributed by atoms with Crippen molar-refractivity contribution >= 4 is 20.0 Å². The number of rotatable bonds is 7. The number of carbonyl (C=O) groups is 1. The molecular formula is C16H25NO3Si. The number of oxime groups is 1. The third-order valence-electron chi connectivity index (χ3n) is 2.48. The molecule has 1 aromatic carbocycles. The highest BCUT2D eigenvalue weighted by molar-refractivity contribution is 6.72. The van der Waals surface area contributed by atoms with E-state index in [0.717, 1.165) is 5.56 Å². The van der Waals surface area contributed by atoms with Gasteiger partial charge in [0.05, 0.1) is 0 Å². The molecule has 0 saturated heterocycles. The minimum Gasteiger partial charge on any atom is -0.515 e. The zero-order chi connectivity index (χ0) is 15.9. The van der Waals surface area contributed by atoms with Crippen LogP contribution in [0.2, 0.25) is 19.6 Å². The van der Waals surface area contributed by atoms with E-state index in [-0.39, 0.29) is 5.97 Å². The first-order valence-corrected chi connectivity index (χ1v) is 10.6. The van der Waals surface area contributed by atoms with E-state index >= 15 is 0 Å². The Morgan fingerprint density at radius 2 is 1.81 bits per heavy atom. The summed E-state index contributed by atoms with van der Waals surface area (Å²) in [5.41, 5.74) is 1.38. The maximum absolute atomic E-state index is 12.1. The molecule has 0 fully saturated rings. The molecule has 5 heteroatoms. The van der Waals surface area contributed by atoms with Gasteiger partial charge >= 0.3 is 5.97 Å². The number of carbonyl (C=O) groups excluding carboxylic acids is 1. The smallest absolute Gasteiger partial charge is 0.342 e. The predicted molar refractivity (Wildman–Crippen MR) is 87.6 cm³/mol. The second-order valence-electron chi connectivity index (χ2n) is 6.40. The first-order valence-electron chi connectivity index (χ1n) is 7.24. The number of hydrogen-bond donors (Lipinski definition) is 0. The average Bonchev–Trinajstić information content (AvgIpc) is 2.36. The highest BCUT2D eigenvalue weighted by Gasteiger charge is 2.24. The van der Waals surface area contributed by atoms with Crippen molar-refractivity contribution in [3.05, 3.63) is 35.9 Å². The highest BCUT2D eigenvalue weighted by atomic mass is 28.4. The second-order valence-corrected chi connectivity index (χ2v) is 10.8. The molecule has 0 atom stereocenters. The molecule has 0 aliphatic heterocycles.